The molecule has 0 saturated carbocycles. The van der Waals surface area contributed by atoms with Crippen LogP contribution in [0, 0.1) is 0 Å². The summed E-state index contributed by atoms with van der Waals surface area (Å²) in [5.74, 6) is -0.000958. The van der Waals surface area contributed by atoms with Gasteiger partial charge >= 0.3 is 0 Å². The Morgan fingerprint density at radius 2 is 1.84 bits per heavy atom. The molecule has 5 rings (SSSR count). The molecule has 160 valence electrons. The van der Waals surface area contributed by atoms with Gasteiger partial charge < -0.3 is 9.80 Å². The smallest absolute Gasteiger partial charge is 0.244 e. The van der Waals surface area contributed by atoms with Crippen LogP contribution in [-0.2, 0) is 21.2 Å². The molecule has 11 heteroatoms. The van der Waals surface area contributed by atoms with E-state index in [1.54, 1.807) is 16.8 Å². The molecule has 0 aliphatic carbocycles. The van der Waals surface area contributed by atoms with Crippen molar-refractivity contribution in [2.75, 3.05) is 37.3 Å². The molecule has 0 bridgehead atoms. The number of carbonyl (C=O) groups excluding carboxylic acids is 1. The fourth-order valence-corrected chi connectivity index (χ4v) is 5.70. The number of sulfone groups is 1. The highest BCUT2D eigenvalue weighted by Gasteiger charge is 2.25. The van der Waals surface area contributed by atoms with Crippen LogP contribution in [0.2, 0.25) is 0 Å². The zero-order valence-electron chi connectivity index (χ0n) is 16.8. The third kappa shape index (κ3) is 3.74. The molecule has 1 aliphatic heterocycles. The molecule has 31 heavy (non-hydrogen) atoms. The zero-order valence-corrected chi connectivity index (χ0v) is 18.4. The van der Waals surface area contributed by atoms with Gasteiger partial charge in [-0.2, -0.15) is 0 Å². The Balaban J connectivity index is 1.29. The quantitative estimate of drug-likeness (QED) is 0.461. The summed E-state index contributed by atoms with van der Waals surface area (Å²) >= 11 is 1.47. The van der Waals surface area contributed by atoms with Crippen molar-refractivity contribution in [3.63, 3.8) is 0 Å². The summed E-state index contributed by atoms with van der Waals surface area (Å²) in [6, 6.07) is 12.8. The maximum absolute atomic E-state index is 12.8. The molecule has 1 saturated heterocycles. The van der Waals surface area contributed by atoms with Gasteiger partial charge in [-0.15, -0.1) is 5.10 Å². The highest BCUT2D eigenvalue weighted by molar-refractivity contribution is 7.91. The van der Waals surface area contributed by atoms with Gasteiger partial charge in [0.1, 0.15) is 17.6 Å². The first-order chi connectivity index (χ1) is 14.9. The molecule has 1 aliphatic rings. The number of hydrogen-bond acceptors (Lipinski definition) is 8. The van der Waals surface area contributed by atoms with Crippen molar-refractivity contribution in [3.05, 3.63) is 42.5 Å². The molecule has 0 N–H and O–H groups in total. The van der Waals surface area contributed by atoms with Crippen LogP contribution in [-0.4, -0.2) is 71.6 Å². The van der Waals surface area contributed by atoms with Gasteiger partial charge in [0.05, 0.1) is 15.1 Å². The van der Waals surface area contributed by atoms with Crippen LogP contribution >= 0.6 is 11.3 Å². The van der Waals surface area contributed by atoms with E-state index in [9.17, 15) is 13.2 Å². The molecule has 1 fully saturated rings. The molecule has 3 heterocycles. The number of hydrogen-bond donors (Lipinski definition) is 0. The van der Waals surface area contributed by atoms with E-state index in [2.05, 4.69) is 20.2 Å². The molecule has 0 spiro atoms. The molecular formula is C20H20N6O3S2. The fraction of sp³-hybridized carbons (Fsp3) is 0.300. The second-order valence-corrected chi connectivity index (χ2v) is 10.5. The van der Waals surface area contributed by atoms with Crippen molar-refractivity contribution in [2.45, 2.75) is 11.4 Å². The first kappa shape index (κ1) is 19.9. The van der Waals surface area contributed by atoms with Crippen molar-refractivity contribution in [2.24, 2.45) is 0 Å². The number of anilines is 1. The highest BCUT2D eigenvalue weighted by atomic mass is 32.2. The van der Waals surface area contributed by atoms with E-state index in [-0.39, 0.29) is 17.3 Å². The van der Waals surface area contributed by atoms with Crippen LogP contribution < -0.4 is 4.90 Å². The van der Waals surface area contributed by atoms with Gasteiger partial charge in [0.2, 0.25) is 5.91 Å². The van der Waals surface area contributed by atoms with E-state index in [1.807, 2.05) is 35.2 Å². The third-order valence-corrected chi connectivity index (χ3v) is 7.59. The number of piperazine rings is 1. The van der Waals surface area contributed by atoms with Gasteiger partial charge in [-0.05, 0) is 24.3 Å². The van der Waals surface area contributed by atoms with Crippen molar-refractivity contribution < 1.29 is 13.2 Å². The second kappa shape index (κ2) is 7.57. The number of carbonyl (C=O) groups is 1. The maximum atomic E-state index is 12.8. The van der Waals surface area contributed by atoms with Crippen LogP contribution in [0.5, 0.6) is 0 Å². The molecule has 0 unspecified atom stereocenters. The Morgan fingerprint density at radius 3 is 2.61 bits per heavy atom. The average molecular weight is 457 g/mol. The predicted molar refractivity (Wildman–Crippen MR) is 119 cm³/mol. The molecule has 1 amide bonds. The summed E-state index contributed by atoms with van der Waals surface area (Å²) in [7, 11) is -3.35. The minimum atomic E-state index is -3.35. The second-order valence-electron chi connectivity index (χ2n) is 7.48. The van der Waals surface area contributed by atoms with Crippen molar-refractivity contribution >= 4 is 53.5 Å². The molecule has 2 aromatic heterocycles. The Hall–Kier alpha value is -3.05. The SMILES string of the molecule is CS(=O)(=O)c1cccc2sc(N3CCN(C(=O)Cn4nnc5ccccc54)CC3)nc12. The van der Waals surface area contributed by atoms with Crippen molar-refractivity contribution in [1.82, 2.24) is 24.9 Å². The number of amides is 1. The zero-order chi connectivity index (χ0) is 21.6. The molecule has 2 aromatic carbocycles. The summed E-state index contributed by atoms with van der Waals surface area (Å²) in [6.45, 7) is 2.57. The van der Waals surface area contributed by atoms with E-state index < -0.39 is 9.84 Å². The van der Waals surface area contributed by atoms with Gasteiger partial charge in [0, 0.05) is 32.4 Å². The largest absolute Gasteiger partial charge is 0.345 e. The average Bonchev–Trinajstić information content (AvgIpc) is 3.37. The summed E-state index contributed by atoms with van der Waals surface area (Å²) in [4.78, 5) is 21.6. The summed E-state index contributed by atoms with van der Waals surface area (Å²) < 4.78 is 26.6. The first-order valence-corrected chi connectivity index (χ1v) is 12.5. The Morgan fingerprint density at radius 1 is 1.06 bits per heavy atom. The van der Waals surface area contributed by atoms with E-state index in [0.717, 1.165) is 20.9 Å². The molecular weight excluding hydrogens is 436 g/mol. The number of thiazole rings is 1. The summed E-state index contributed by atoms with van der Waals surface area (Å²) in [6.07, 6.45) is 1.20. The highest BCUT2D eigenvalue weighted by Crippen LogP contribution is 2.33. The summed E-state index contributed by atoms with van der Waals surface area (Å²) in [5.41, 5.74) is 2.12. The Kier molecular flexibility index (Phi) is 4.86. The van der Waals surface area contributed by atoms with Crippen LogP contribution in [0.4, 0.5) is 5.13 Å². The number of benzene rings is 2. The third-order valence-electron chi connectivity index (χ3n) is 5.38. The molecule has 9 nitrogen and oxygen atoms in total. The van der Waals surface area contributed by atoms with Crippen LogP contribution in [0.15, 0.2) is 47.4 Å². The maximum Gasteiger partial charge on any atom is 0.244 e. The lowest BCUT2D eigenvalue weighted by atomic mass is 10.3. The first-order valence-electron chi connectivity index (χ1n) is 9.81. The number of aromatic nitrogens is 4. The molecule has 0 radical (unpaired) electrons. The Bertz CT molecular complexity index is 1390. The van der Waals surface area contributed by atoms with E-state index >= 15 is 0 Å². The monoisotopic (exact) mass is 456 g/mol. The van der Waals surface area contributed by atoms with Crippen LogP contribution in [0.25, 0.3) is 21.3 Å². The lowest BCUT2D eigenvalue weighted by molar-refractivity contribution is -0.132. The number of fused-ring (bicyclic) bond motifs is 2. The lowest BCUT2D eigenvalue weighted by Gasteiger charge is -2.34. The van der Waals surface area contributed by atoms with E-state index in [1.165, 1.54) is 17.6 Å². The van der Waals surface area contributed by atoms with Gasteiger partial charge in [-0.3, -0.25) is 4.79 Å². The fourth-order valence-electron chi connectivity index (χ4n) is 3.76. The predicted octanol–water partition coefficient (Wildman–Crippen LogP) is 1.79. The minimum Gasteiger partial charge on any atom is -0.345 e. The number of rotatable bonds is 4. The van der Waals surface area contributed by atoms with E-state index in [4.69, 9.17) is 0 Å². The molecule has 4 aromatic rings. The van der Waals surface area contributed by atoms with Crippen LogP contribution in [0.1, 0.15) is 0 Å². The van der Waals surface area contributed by atoms with Gasteiger partial charge in [-0.1, -0.05) is 34.7 Å². The van der Waals surface area contributed by atoms with Crippen molar-refractivity contribution in [3.8, 4) is 0 Å². The summed E-state index contributed by atoms with van der Waals surface area (Å²) in [5, 5.41) is 8.97. The normalized spacial score (nSPS) is 15.1. The minimum absolute atomic E-state index is 0.000958. The van der Waals surface area contributed by atoms with Crippen LogP contribution in [0.3, 0.4) is 0 Å². The standard InChI is InChI=1S/C20H20N6O3S2/c1-31(28,29)17-8-4-7-16-19(17)21-20(30-16)25-11-9-24(10-12-25)18(27)13-26-15-6-3-2-5-14(15)22-23-26/h2-8H,9-13H2,1H3. The molecule has 0 atom stereocenters. The van der Waals surface area contributed by atoms with Gasteiger partial charge in [0.15, 0.2) is 15.0 Å². The number of para-hydroxylation sites is 2. The van der Waals surface area contributed by atoms with Gasteiger partial charge in [0.25, 0.3) is 0 Å². The van der Waals surface area contributed by atoms with E-state index in [0.29, 0.717) is 31.7 Å². The lowest BCUT2D eigenvalue weighted by Crippen LogP contribution is -2.49. The number of nitrogens with zero attached hydrogens (tertiary/aromatic N) is 6. The van der Waals surface area contributed by atoms with Crippen molar-refractivity contribution in [1.29, 1.82) is 0 Å². The van der Waals surface area contributed by atoms with Gasteiger partial charge in [-0.25, -0.2) is 18.1 Å². The topological polar surface area (TPSA) is 101 Å². The Labute approximate surface area is 182 Å².